The molecule has 0 aromatic heterocycles. The quantitative estimate of drug-likeness (QED) is 0.640. The first-order valence-corrected chi connectivity index (χ1v) is 10.1. The number of benzene rings is 2. The van der Waals surface area contributed by atoms with Crippen molar-refractivity contribution in [2.75, 3.05) is 10.8 Å². The van der Waals surface area contributed by atoms with Crippen molar-refractivity contribution < 1.29 is 17.6 Å². The molecule has 0 atom stereocenters. The molecule has 0 heterocycles. The molecule has 0 fully saturated rings. The number of sulfonamides is 1. The molecular weight excluding hydrogens is 377 g/mol. The van der Waals surface area contributed by atoms with Crippen LogP contribution in [0.15, 0.2) is 47.4 Å². The summed E-state index contributed by atoms with van der Waals surface area (Å²) >= 11 is 5.36. The van der Waals surface area contributed by atoms with E-state index >= 15 is 0 Å². The number of hydrogen-bond acceptors (Lipinski definition) is 3. The molecule has 0 spiro atoms. The summed E-state index contributed by atoms with van der Waals surface area (Å²) in [6, 6.07) is 10.3. The predicted molar refractivity (Wildman–Crippen MR) is 102 cm³/mol. The maximum atomic E-state index is 13.7. The number of carbonyl (C=O) groups excluding carboxylic acids is 1. The molecule has 0 saturated carbocycles. The maximum absolute atomic E-state index is 13.7. The van der Waals surface area contributed by atoms with Gasteiger partial charge in [-0.15, -0.1) is 0 Å². The fourth-order valence-corrected chi connectivity index (χ4v) is 4.31. The molecule has 0 aliphatic carbocycles. The standard InChI is InChI=1S/C19H21ClFNO3S/c1-4-14-5-7-15(8-6-14)22(12-13(2)3)26(24,25)16-9-10-18(21)17(11-16)19(20)23/h5-11,13H,4,12H2,1-3H3. The Labute approximate surface area is 158 Å². The molecule has 0 radical (unpaired) electrons. The summed E-state index contributed by atoms with van der Waals surface area (Å²) in [6.07, 6.45) is 0.844. The Morgan fingerprint density at radius 1 is 1.15 bits per heavy atom. The predicted octanol–water partition coefficient (Wildman–Crippen LogP) is 4.62. The van der Waals surface area contributed by atoms with Crippen molar-refractivity contribution in [1.82, 2.24) is 0 Å². The number of hydrogen-bond donors (Lipinski definition) is 0. The first kappa shape index (κ1) is 20.4. The molecule has 0 saturated heterocycles. The molecule has 2 aromatic rings. The molecule has 0 amide bonds. The Morgan fingerprint density at radius 3 is 2.27 bits per heavy atom. The molecule has 2 rings (SSSR count). The molecule has 26 heavy (non-hydrogen) atoms. The van der Waals surface area contributed by atoms with Crippen LogP contribution in [0, 0.1) is 11.7 Å². The van der Waals surface area contributed by atoms with Gasteiger partial charge in [0.1, 0.15) is 5.82 Å². The van der Waals surface area contributed by atoms with Crippen LogP contribution in [0.5, 0.6) is 0 Å². The van der Waals surface area contributed by atoms with Crippen molar-refractivity contribution in [1.29, 1.82) is 0 Å². The number of carbonyl (C=O) groups is 1. The van der Waals surface area contributed by atoms with E-state index < -0.39 is 26.6 Å². The maximum Gasteiger partial charge on any atom is 0.264 e. The van der Waals surface area contributed by atoms with Crippen LogP contribution in [0.2, 0.25) is 0 Å². The Bertz CT molecular complexity index is 896. The lowest BCUT2D eigenvalue weighted by molar-refractivity contribution is 0.107. The lowest BCUT2D eigenvalue weighted by atomic mass is 10.1. The third-order valence-corrected chi connectivity index (χ3v) is 5.89. The Morgan fingerprint density at radius 2 is 1.77 bits per heavy atom. The van der Waals surface area contributed by atoms with Crippen LogP contribution in [-0.4, -0.2) is 20.2 Å². The lowest BCUT2D eigenvalue weighted by Crippen LogP contribution is -2.34. The topological polar surface area (TPSA) is 54.5 Å². The van der Waals surface area contributed by atoms with Crippen molar-refractivity contribution in [3.05, 3.63) is 59.4 Å². The van der Waals surface area contributed by atoms with E-state index in [0.29, 0.717) is 5.69 Å². The molecule has 0 N–H and O–H groups in total. The number of halogens is 2. The van der Waals surface area contributed by atoms with Crippen LogP contribution in [0.25, 0.3) is 0 Å². The van der Waals surface area contributed by atoms with E-state index in [9.17, 15) is 17.6 Å². The highest BCUT2D eigenvalue weighted by Crippen LogP contribution is 2.27. The Kier molecular flexibility index (Phi) is 6.42. The van der Waals surface area contributed by atoms with E-state index in [2.05, 4.69) is 0 Å². The number of anilines is 1. The van der Waals surface area contributed by atoms with Crippen LogP contribution < -0.4 is 4.31 Å². The minimum Gasteiger partial charge on any atom is -0.275 e. The molecule has 7 heteroatoms. The van der Waals surface area contributed by atoms with Gasteiger partial charge in [-0.05, 0) is 59.8 Å². The SMILES string of the molecule is CCc1ccc(N(CC(C)C)S(=O)(=O)c2ccc(F)c(C(=O)Cl)c2)cc1. The third kappa shape index (κ3) is 4.43. The molecule has 0 aliphatic heterocycles. The molecule has 4 nitrogen and oxygen atoms in total. The van der Waals surface area contributed by atoms with Crippen LogP contribution >= 0.6 is 11.6 Å². The van der Waals surface area contributed by atoms with Crippen molar-refractivity contribution >= 4 is 32.6 Å². The van der Waals surface area contributed by atoms with E-state index in [1.165, 1.54) is 4.31 Å². The van der Waals surface area contributed by atoms with E-state index in [1.807, 2.05) is 32.9 Å². The van der Waals surface area contributed by atoms with Gasteiger partial charge in [-0.3, -0.25) is 9.10 Å². The summed E-state index contributed by atoms with van der Waals surface area (Å²) in [4.78, 5) is 11.2. The van der Waals surface area contributed by atoms with Crippen LogP contribution in [0.1, 0.15) is 36.7 Å². The molecule has 0 bridgehead atoms. The lowest BCUT2D eigenvalue weighted by Gasteiger charge is -2.26. The minimum absolute atomic E-state index is 0.0604. The smallest absolute Gasteiger partial charge is 0.264 e. The highest BCUT2D eigenvalue weighted by atomic mass is 35.5. The second-order valence-electron chi connectivity index (χ2n) is 6.37. The zero-order valence-electron chi connectivity index (χ0n) is 14.9. The largest absolute Gasteiger partial charge is 0.275 e. The van der Waals surface area contributed by atoms with Gasteiger partial charge >= 0.3 is 0 Å². The van der Waals surface area contributed by atoms with Gasteiger partial charge in [0.05, 0.1) is 16.1 Å². The molecule has 140 valence electrons. The van der Waals surface area contributed by atoms with Gasteiger partial charge < -0.3 is 0 Å². The highest BCUT2D eigenvalue weighted by molar-refractivity contribution is 7.92. The van der Waals surface area contributed by atoms with Gasteiger partial charge in [-0.2, -0.15) is 0 Å². The summed E-state index contributed by atoms with van der Waals surface area (Å²) in [7, 11) is -3.99. The van der Waals surface area contributed by atoms with Crippen molar-refractivity contribution in [3.63, 3.8) is 0 Å². The number of aryl methyl sites for hydroxylation is 1. The van der Waals surface area contributed by atoms with Gasteiger partial charge in [0, 0.05) is 6.54 Å². The van der Waals surface area contributed by atoms with E-state index in [-0.39, 0.29) is 17.4 Å². The Hall–Kier alpha value is -1.92. The summed E-state index contributed by atoms with van der Waals surface area (Å²) < 4.78 is 41.3. The monoisotopic (exact) mass is 397 g/mol. The molecule has 0 unspecified atom stereocenters. The van der Waals surface area contributed by atoms with Gasteiger partial charge in [0.2, 0.25) is 0 Å². The Balaban J connectivity index is 2.55. The summed E-state index contributed by atoms with van der Waals surface area (Å²) in [5, 5.41) is -1.04. The van der Waals surface area contributed by atoms with Gasteiger partial charge in [-0.25, -0.2) is 12.8 Å². The fourth-order valence-electron chi connectivity index (χ4n) is 2.51. The van der Waals surface area contributed by atoms with Gasteiger partial charge in [-0.1, -0.05) is 32.9 Å². The van der Waals surface area contributed by atoms with Crippen LogP contribution in [0.3, 0.4) is 0 Å². The summed E-state index contributed by atoms with van der Waals surface area (Å²) in [6.45, 7) is 6.07. The van der Waals surface area contributed by atoms with E-state index in [4.69, 9.17) is 11.6 Å². The fraction of sp³-hybridized carbons (Fsp3) is 0.316. The minimum atomic E-state index is -3.99. The zero-order chi connectivity index (χ0) is 19.5. The first-order valence-electron chi connectivity index (χ1n) is 8.27. The normalized spacial score (nSPS) is 11.6. The zero-order valence-corrected chi connectivity index (χ0v) is 16.4. The highest BCUT2D eigenvalue weighted by Gasteiger charge is 2.27. The summed E-state index contributed by atoms with van der Waals surface area (Å²) in [5.74, 6) is -0.795. The van der Waals surface area contributed by atoms with Crippen LogP contribution in [0.4, 0.5) is 10.1 Å². The second-order valence-corrected chi connectivity index (χ2v) is 8.57. The van der Waals surface area contributed by atoms with Gasteiger partial charge in [0.15, 0.2) is 0 Å². The third-order valence-electron chi connectivity index (χ3n) is 3.90. The van der Waals surface area contributed by atoms with E-state index in [1.54, 1.807) is 12.1 Å². The molecular formula is C19H21ClFNO3S. The average molecular weight is 398 g/mol. The van der Waals surface area contributed by atoms with Crippen molar-refractivity contribution in [2.24, 2.45) is 5.92 Å². The first-order chi connectivity index (χ1) is 12.2. The van der Waals surface area contributed by atoms with Crippen molar-refractivity contribution in [3.8, 4) is 0 Å². The van der Waals surface area contributed by atoms with E-state index in [0.717, 1.165) is 30.2 Å². The number of rotatable bonds is 7. The summed E-state index contributed by atoms with van der Waals surface area (Å²) in [5.41, 5.74) is 1.14. The average Bonchev–Trinajstić information content (AvgIpc) is 2.59. The van der Waals surface area contributed by atoms with Crippen molar-refractivity contribution in [2.45, 2.75) is 32.1 Å². The van der Waals surface area contributed by atoms with Gasteiger partial charge in [0.25, 0.3) is 15.3 Å². The number of nitrogens with zero attached hydrogens (tertiary/aromatic N) is 1. The molecule has 2 aromatic carbocycles. The van der Waals surface area contributed by atoms with Crippen LogP contribution in [-0.2, 0) is 16.4 Å². The second kappa shape index (κ2) is 8.18. The molecule has 0 aliphatic rings.